The Hall–Kier alpha value is -1.03. The molecule has 2 aliphatic rings. The van der Waals surface area contributed by atoms with Gasteiger partial charge in [0.2, 0.25) is 0 Å². The number of nitrogens with zero attached hydrogens (tertiary/aromatic N) is 1. The van der Waals surface area contributed by atoms with Crippen molar-refractivity contribution in [1.82, 2.24) is 10.3 Å². The molecule has 5 heteroatoms. The first-order chi connectivity index (χ1) is 13.5. The molecule has 1 aliphatic carbocycles. The summed E-state index contributed by atoms with van der Waals surface area (Å²) in [4.78, 5) is 3.97. The van der Waals surface area contributed by atoms with E-state index in [1.165, 1.54) is 44.2 Å². The molecule has 0 amide bonds. The second-order valence-corrected chi connectivity index (χ2v) is 8.61. The quantitative estimate of drug-likeness (QED) is 0.388. The highest BCUT2D eigenvalue weighted by atomic mass is 35.5. The van der Waals surface area contributed by atoms with Crippen molar-refractivity contribution in [2.75, 3.05) is 13.2 Å². The van der Waals surface area contributed by atoms with Crippen LogP contribution in [0.25, 0.3) is 0 Å². The van der Waals surface area contributed by atoms with Crippen molar-refractivity contribution < 1.29 is 4.74 Å². The summed E-state index contributed by atoms with van der Waals surface area (Å²) in [5, 5.41) is 4.27. The van der Waals surface area contributed by atoms with Crippen LogP contribution in [0.15, 0.2) is 37.2 Å². The molecule has 2 fully saturated rings. The predicted molar refractivity (Wildman–Crippen MR) is 120 cm³/mol. The van der Waals surface area contributed by atoms with Gasteiger partial charge in [-0.05, 0) is 50.2 Å². The number of aryl methyl sites for hydroxylation is 1. The minimum absolute atomic E-state index is 0.196. The zero-order valence-electron chi connectivity index (χ0n) is 17.1. The average Bonchev–Trinajstić information content (AvgIpc) is 3.15. The standard InChI is InChI=1S/C14H23NO.C9H11Cl2N/c1-3-9-15-12(2)13-6-10-16-14(11-13)7-4-5-8-14;1-2-3-4-7-5-8(10)9(11)12-6-7/h3,13,15H,1-2,4-11H2;5-6H,2-4H2,1H3/t13-;/m1./s1. The van der Waals surface area contributed by atoms with Gasteiger partial charge in [0.25, 0.3) is 0 Å². The van der Waals surface area contributed by atoms with Gasteiger partial charge in [0.15, 0.2) is 0 Å². The van der Waals surface area contributed by atoms with Crippen LogP contribution >= 0.6 is 23.2 Å². The van der Waals surface area contributed by atoms with Crippen LogP contribution in [0.1, 0.15) is 63.9 Å². The van der Waals surface area contributed by atoms with Gasteiger partial charge in [-0.1, -0.05) is 62.0 Å². The van der Waals surface area contributed by atoms with Crippen molar-refractivity contribution in [3.63, 3.8) is 0 Å². The van der Waals surface area contributed by atoms with Gasteiger partial charge >= 0.3 is 0 Å². The highest BCUT2D eigenvalue weighted by Crippen LogP contribution is 2.43. The molecule has 156 valence electrons. The molecule has 0 aromatic carbocycles. The Morgan fingerprint density at radius 3 is 2.79 bits per heavy atom. The number of hydrogen-bond donors (Lipinski definition) is 1. The minimum atomic E-state index is 0.196. The van der Waals surface area contributed by atoms with Gasteiger partial charge in [0.05, 0.1) is 10.6 Å². The SMILES string of the molecule is C=CCNC(=C)[C@@H]1CCOC2(CCCC2)C1.CCCCc1cnc(Cl)c(Cl)c1. The molecule has 0 radical (unpaired) electrons. The van der Waals surface area contributed by atoms with Crippen LogP contribution in [0, 0.1) is 5.92 Å². The molecular formula is C23H34Cl2N2O. The van der Waals surface area contributed by atoms with E-state index in [1.807, 2.05) is 12.1 Å². The maximum absolute atomic E-state index is 6.02. The molecule has 1 aromatic heterocycles. The van der Waals surface area contributed by atoms with Crippen molar-refractivity contribution in [2.45, 2.75) is 70.3 Å². The number of hydrogen-bond acceptors (Lipinski definition) is 3. The fourth-order valence-corrected chi connectivity index (χ4v) is 4.31. The van der Waals surface area contributed by atoms with E-state index in [0.717, 1.165) is 38.0 Å². The maximum atomic E-state index is 6.02. The second kappa shape index (κ2) is 11.8. The van der Waals surface area contributed by atoms with Crippen molar-refractivity contribution in [2.24, 2.45) is 5.92 Å². The lowest BCUT2D eigenvalue weighted by Gasteiger charge is -2.39. The molecular weight excluding hydrogens is 391 g/mol. The third-order valence-corrected chi connectivity index (χ3v) is 6.33. The van der Waals surface area contributed by atoms with E-state index < -0.39 is 0 Å². The fourth-order valence-electron chi connectivity index (χ4n) is 4.02. The highest BCUT2D eigenvalue weighted by molar-refractivity contribution is 6.41. The second-order valence-electron chi connectivity index (χ2n) is 7.84. The first kappa shape index (κ1) is 23.3. The Labute approximate surface area is 180 Å². The average molecular weight is 425 g/mol. The number of unbranched alkanes of at least 4 members (excludes halogenated alkanes) is 1. The molecule has 0 unspecified atom stereocenters. The predicted octanol–water partition coefficient (Wildman–Crippen LogP) is 6.75. The number of halogens is 2. The Morgan fingerprint density at radius 1 is 1.39 bits per heavy atom. The molecule has 3 nitrogen and oxygen atoms in total. The van der Waals surface area contributed by atoms with E-state index in [2.05, 4.69) is 30.4 Å². The van der Waals surface area contributed by atoms with E-state index in [9.17, 15) is 0 Å². The van der Waals surface area contributed by atoms with Gasteiger partial charge in [-0.15, -0.1) is 6.58 Å². The summed E-state index contributed by atoms with van der Waals surface area (Å²) in [6.45, 7) is 11.8. The van der Waals surface area contributed by atoms with Crippen LogP contribution in [0.5, 0.6) is 0 Å². The Balaban J connectivity index is 0.000000209. The first-order valence-corrected chi connectivity index (χ1v) is 11.2. The van der Waals surface area contributed by atoms with E-state index in [-0.39, 0.29) is 5.60 Å². The Kier molecular flexibility index (Phi) is 9.84. The zero-order chi connectivity index (χ0) is 20.4. The molecule has 2 heterocycles. The molecule has 1 N–H and O–H groups in total. The number of allylic oxidation sites excluding steroid dienone is 1. The van der Waals surface area contributed by atoms with Crippen molar-refractivity contribution in [1.29, 1.82) is 0 Å². The van der Waals surface area contributed by atoms with Gasteiger partial charge in [0, 0.05) is 31.0 Å². The van der Waals surface area contributed by atoms with Crippen LogP contribution in [-0.4, -0.2) is 23.7 Å². The van der Waals surface area contributed by atoms with Gasteiger partial charge in [-0.2, -0.15) is 0 Å². The smallest absolute Gasteiger partial charge is 0.147 e. The van der Waals surface area contributed by atoms with Crippen molar-refractivity contribution in [3.8, 4) is 0 Å². The lowest BCUT2D eigenvalue weighted by molar-refractivity contribution is -0.0876. The van der Waals surface area contributed by atoms with Crippen molar-refractivity contribution in [3.05, 3.63) is 52.9 Å². The van der Waals surface area contributed by atoms with E-state index in [4.69, 9.17) is 27.9 Å². The van der Waals surface area contributed by atoms with Crippen LogP contribution in [0.3, 0.4) is 0 Å². The van der Waals surface area contributed by atoms with Gasteiger partial charge in [0.1, 0.15) is 5.15 Å². The number of nitrogens with one attached hydrogen (secondary N) is 1. The third-order valence-electron chi connectivity index (χ3n) is 5.65. The normalized spacial score (nSPS) is 20.3. The van der Waals surface area contributed by atoms with Crippen LogP contribution < -0.4 is 5.32 Å². The van der Waals surface area contributed by atoms with E-state index in [1.54, 1.807) is 6.20 Å². The minimum Gasteiger partial charge on any atom is -0.385 e. The van der Waals surface area contributed by atoms with Crippen LogP contribution in [0.2, 0.25) is 10.2 Å². The molecule has 1 atom stereocenters. The van der Waals surface area contributed by atoms with Gasteiger partial charge < -0.3 is 10.1 Å². The maximum Gasteiger partial charge on any atom is 0.147 e. The molecule has 1 aromatic rings. The topological polar surface area (TPSA) is 34.1 Å². The summed E-state index contributed by atoms with van der Waals surface area (Å²) >= 11 is 11.5. The largest absolute Gasteiger partial charge is 0.385 e. The molecule has 0 bridgehead atoms. The lowest BCUT2D eigenvalue weighted by atomic mass is 9.83. The lowest BCUT2D eigenvalue weighted by Crippen LogP contribution is -2.39. The molecule has 1 saturated carbocycles. The third kappa shape index (κ3) is 7.09. The Bertz CT molecular complexity index is 641. The molecule has 1 spiro atoms. The van der Waals surface area contributed by atoms with E-state index in [0.29, 0.717) is 16.1 Å². The summed E-state index contributed by atoms with van der Waals surface area (Å²) in [6.07, 6.45) is 14.5. The number of aromatic nitrogens is 1. The number of rotatable bonds is 7. The summed E-state index contributed by atoms with van der Waals surface area (Å²) in [7, 11) is 0. The fraction of sp³-hybridized carbons (Fsp3) is 0.609. The van der Waals surface area contributed by atoms with Crippen LogP contribution in [0.4, 0.5) is 0 Å². The van der Waals surface area contributed by atoms with Crippen LogP contribution in [-0.2, 0) is 11.2 Å². The van der Waals surface area contributed by atoms with E-state index >= 15 is 0 Å². The summed E-state index contributed by atoms with van der Waals surface area (Å²) in [6, 6.07) is 1.88. The highest BCUT2D eigenvalue weighted by Gasteiger charge is 2.40. The summed E-state index contributed by atoms with van der Waals surface area (Å²) in [5.74, 6) is 0.590. The van der Waals surface area contributed by atoms with Gasteiger partial charge in [-0.25, -0.2) is 4.98 Å². The first-order valence-electron chi connectivity index (χ1n) is 10.5. The molecule has 3 rings (SSSR count). The van der Waals surface area contributed by atoms with Gasteiger partial charge in [-0.3, -0.25) is 0 Å². The van der Waals surface area contributed by atoms with Crippen molar-refractivity contribution >= 4 is 23.2 Å². The molecule has 28 heavy (non-hydrogen) atoms. The molecule has 1 saturated heterocycles. The molecule has 1 aliphatic heterocycles. The zero-order valence-corrected chi connectivity index (χ0v) is 18.6. The summed E-state index contributed by atoms with van der Waals surface area (Å²) in [5.41, 5.74) is 2.53. The summed E-state index contributed by atoms with van der Waals surface area (Å²) < 4.78 is 6.02. The number of ether oxygens (including phenoxy) is 1. The number of pyridine rings is 1. The Morgan fingerprint density at radius 2 is 2.14 bits per heavy atom. The monoisotopic (exact) mass is 424 g/mol.